The van der Waals surface area contributed by atoms with Gasteiger partial charge in [-0.1, -0.05) is 18.2 Å². The van der Waals surface area contributed by atoms with Gasteiger partial charge in [-0.25, -0.2) is 9.50 Å². The highest BCUT2D eigenvalue weighted by Crippen LogP contribution is 2.29. The molecule has 0 fully saturated rings. The van der Waals surface area contributed by atoms with Crippen LogP contribution in [0.2, 0.25) is 0 Å². The first-order valence-electron chi connectivity index (χ1n) is 6.06. The lowest BCUT2D eigenvalue weighted by molar-refractivity contribution is 0.939. The summed E-state index contributed by atoms with van der Waals surface area (Å²) >= 11 is 0. The van der Waals surface area contributed by atoms with E-state index in [4.69, 9.17) is 0 Å². The van der Waals surface area contributed by atoms with Gasteiger partial charge >= 0.3 is 0 Å². The first kappa shape index (κ1) is 10.2. The van der Waals surface area contributed by atoms with Gasteiger partial charge in [-0.15, -0.1) is 0 Å². The van der Waals surface area contributed by atoms with Gasteiger partial charge in [-0.2, -0.15) is 5.10 Å². The van der Waals surface area contributed by atoms with Gasteiger partial charge in [0.2, 0.25) is 0 Å². The number of rotatable bonds is 1. The van der Waals surface area contributed by atoms with Crippen molar-refractivity contribution in [1.82, 2.24) is 19.6 Å². The Morgan fingerprint density at radius 3 is 2.79 bits per heavy atom. The molecule has 0 spiro atoms. The number of fused-ring (bicyclic) bond motifs is 2. The smallest absolute Gasteiger partial charge is 0.162 e. The topological polar surface area (TPSA) is 43.1 Å². The Labute approximate surface area is 109 Å². The number of benzene rings is 1. The highest BCUT2D eigenvalue weighted by Gasteiger charge is 2.10. The lowest BCUT2D eigenvalue weighted by atomic mass is 10.0. The molecule has 0 N–H and O–H groups in total. The maximum Gasteiger partial charge on any atom is 0.162 e. The molecule has 0 saturated carbocycles. The Kier molecular flexibility index (Phi) is 2.08. The van der Waals surface area contributed by atoms with E-state index in [1.54, 1.807) is 16.9 Å². The fraction of sp³-hybridized carbons (Fsp3) is 0. The zero-order valence-electron chi connectivity index (χ0n) is 10.1. The van der Waals surface area contributed by atoms with E-state index in [1.807, 2.05) is 36.7 Å². The predicted molar refractivity (Wildman–Crippen MR) is 73.7 cm³/mol. The molecule has 0 atom stereocenters. The van der Waals surface area contributed by atoms with Gasteiger partial charge in [-0.3, -0.25) is 4.98 Å². The van der Waals surface area contributed by atoms with Gasteiger partial charge in [-0.05, 0) is 23.8 Å². The van der Waals surface area contributed by atoms with E-state index in [1.165, 1.54) is 0 Å². The third-order valence-corrected chi connectivity index (χ3v) is 3.22. The molecule has 0 unspecified atom stereocenters. The summed E-state index contributed by atoms with van der Waals surface area (Å²) in [6, 6.07) is 12.0. The molecule has 0 saturated heterocycles. The van der Waals surface area contributed by atoms with Gasteiger partial charge in [0, 0.05) is 29.5 Å². The number of hydrogen-bond acceptors (Lipinski definition) is 3. The van der Waals surface area contributed by atoms with Crippen LogP contribution in [0.15, 0.2) is 61.2 Å². The molecule has 0 amide bonds. The van der Waals surface area contributed by atoms with Crippen LogP contribution in [-0.4, -0.2) is 19.6 Å². The van der Waals surface area contributed by atoms with Crippen LogP contribution in [0.25, 0.3) is 27.7 Å². The average molecular weight is 246 g/mol. The maximum absolute atomic E-state index is 4.40. The lowest BCUT2D eigenvalue weighted by Gasteiger charge is -2.03. The van der Waals surface area contributed by atoms with E-state index in [0.29, 0.717) is 0 Å². The molecule has 0 aliphatic heterocycles. The Morgan fingerprint density at radius 1 is 0.842 bits per heavy atom. The minimum atomic E-state index is 0.860. The minimum Gasteiger partial charge on any atom is -0.256 e. The summed E-state index contributed by atoms with van der Waals surface area (Å²) in [5.41, 5.74) is 3.98. The largest absolute Gasteiger partial charge is 0.256 e. The summed E-state index contributed by atoms with van der Waals surface area (Å²) < 4.78 is 1.78. The third kappa shape index (κ3) is 1.50. The standard InChI is InChI=1S/C15H10N4/c1-4-11(12-5-2-7-16-14(12)6-1)13-10-18-19-9-3-8-17-15(13)19/h1-10H. The quantitative estimate of drug-likeness (QED) is 0.518. The normalized spacial score (nSPS) is 11.2. The van der Waals surface area contributed by atoms with E-state index in [9.17, 15) is 0 Å². The second-order valence-corrected chi connectivity index (χ2v) is 4.32. The van der Waals surface area contributed by atoms with Crippen molar-refractivity contribution in [2.24, 2.45) is 0 Å². The van der Waals surface area contributed by atoms with Crippen LogP contribution in [0.3, 0.4) is 0 Å². The molecule has 0 radical (unpaired) electrons. The molecule has 4 heteroatoms. The summed E-state index contributed by atoms with van der Waals surface area (Å²) in [7, 11) is 0. The van der Waals surface area contributed by atoms with E-state index in [-0.39, 0.29) is 0 Å². The molecule has 19 heavy (non-hydrogen) atoms. The molecule has 1 aromatic carbocycles. The molecule has 90 valence electrons. The van der Waals surface area contributed by atoms with Gasteiger partial charge < -0.3 is 0 Å². The van der Waals surface area contributed by atoms with Crippen molar-refractivity contribution in [3.63, 3.8) is 0 Å². The number of aromatic nitrogens is 4. The first-order chi connectivity index (χ1) is 9.43. The molecule has 4 aromatic rings. The molecule has 0 bridgehead atoms. The highest BCUT2D eigenvalue weighted by atomic mass is 15.2. The van der Waals surface area contributed by atoms with Crippen LogP contribution in [0.4, 0.5) is 0 Å². The number of nitrogens with zero attached hydrogens (tertiary/aromatic N) is 4. The Morgan fingerprint density at radius 2 is 1.79 bits per heavy atom. The molecule has 3 aromatic heterocycles. The van der Waals surface area contributed by atoms with Crippen molar-refractivity contribution in [2.75, 3.05) is 0 Å². The monoisotopic (exact) mass is 246 g/mol. The van der Waals surface area contributed by atoms with Crippen molar-refractivity contribution in [1.29, 1.82) is 0 Å². The predicted octanol–water partition coefficient (Wildman–Crippen LogP) is 2.94. The summed E-state index contributed by atoms with van der Waals surface area (Å²) in [4.78, 5) is 8.79. The van der Waals surface area contributed by atoms with Crippen molar-refractivity contribution in [3.05, 3.63) is 61.2 Å². The summed E-state index contributed by atoms with van der Waals surface area (Å²) in [5, 5.41) is 5.45. The van der Waals surface area contributed by atoms with Crippen LogP contribution in [0.1, 0.15) is 0 Å². The highest BCUT2D eigenvalue weighted by molar-refractivity contribution is 5.97. The minimum absolute atomic E-state index is 0.860. The van der Waals surface area contributed by atoms with Crippen LogP contribution >= 0.6 is 0 Å². The lowest BCUT2D eigenvalue weighted by Crippen LogP contribution is -1.88. The summed E-state index contributed by atoms with van der Waals surface area (Å²) in [6.07, 6.45) is 7.34. The fourth-order valence-electron chi connectivity index (χ4n) is 2.36. The zero-order chi connectivity index (χ0) is 12.7. The molecular weight excluding hydrogens is 236 g/mol. The van der Waals surface area contributed by atoms with Crippen molar-refractivity contribution in [2.45, 2.75) is 0 Å². The number of pyridine rings is 1. The van der Waals surface area contributed by atoms with Crippen LogP contribution in [0.5, 0.6) is 0 Å². The van der Waals surface area contributed by atoms with E-state index < -0.39 is 0 Å². The second-order valence-electron chi connectivity index (χ2n) is 4.32. The van der Waals surface area contributed by atoms with E-state index in [2.05, 4.69) is 27.2 Å². The van der Waals surface area contributed by atoms with E-state index >= 15 is 0 Å². The molecule has 0 aliphatic rings. The van der Waals surface area contributed by atoms with Crippen molar-refractivity contribution < 1.29 is 0 Å². The van der Waals surface area contributed by atoms with Crippen LogP contribution < -0.4 is 0 Å². The molecule has 3 heterocycles. The van der Waals surface area contributed by atoms with Crippen LogP contribution in [-0.2, 0) is 0 Å². The van der Waals surface area contributed by atoms with Crippen molar-refractivity contribution >= 4 is 16.6 Å². The van der Waals surface area contributed by atoms with E-state index in [0.717, 1.165) is 27.7 Å². The Hall–Kier alpha value is -2.75. The van der Waals surface area contributed by atoms with Crippen molar-refractivity contribution in [3.8, 4) is 11.1 Å². The maximum atomic E-state index is 4.40. The van der Waals surface area contributed by atoms with Gasteiger partial charge in [0.1, 0.15) is 0 Å². The van der Waals surface area contributed by atoms with Gasteiger partial charge in [0.25, 0.3) is 0 Å². The van der Waals surface area contributed by atoms with Gasteiger partial charge in [0.15, 0.2) is 5.65 Å². The second kappa shape index (κ2) is 3.88. The van der Waals surface area contributed by atoms with Gasteiger partial charge in [0.05, 0.1) is 11.7 Å². The average Bonchev–Trinajstić information content (AvgIpc) is 2.90. The Bertz CT molecular complexity index is 874. The number of hydrogen-bond donors (Lipinski definition) is 0. The third-order valence-electron chi connectivity index (χ3n) is 3.22. The summed E-state index contributed by atoms with van der Waals surface area (Å²) in [5.74, 6) is 0. The Balaban J connectivity index is 2.10. The first-order valence-corrected chi connectivity index (χ1v) is 6.06. The fourth-order valence-corrected chi connectivity index (χ4v) is 2.36. The molecule has 4 nitrogen and oxygen atoms in total. The molecule has 0 aliphatic carbocycles. The molecule has 4 rings (SSSR count). The summed E-state index contributed by atoms with van der Waals surface area (Å²) in [6.45, 7) is 0. The molecular formula is C15H10N4. The zero-order valence-corrected chi connectivity index (χ0v) is 10.1. The van der Waals surface area contributed by atoms with Crippen LogP contribution in [0, 0.1) is 0 Å². The SMILES string of the molecule is c1cc(-c2cnn3cccnc23)c2cccnc2c1.